The minimum absolute atomic E-state index is 0.183. The summed E-state index contributed by atoms with van der Waals surface area (Å²) >= 11 is 0. The Bertz CT molecular complexity index is 168. The van der Waals surface area contributed by atoms with E-state index in [2.05, 4.69) is 20.8 Å². The minimum Gasteiger partial charge on any atom is -0.392 e. The standard InChI is InChI=1S/C12H25NO/c1-8(2)11(7-13)12(14)10-6-4-5-9(10)3/h8-12,14H,4-7,13H2,1-3H3. The van der Waals surface area contributed by atoms with E-state index in [9.17, 15) is 5.11 Å². The monoisotopic (exact) mass is 199 g/mol. The lowest BCUT2D eigenvalue weighted by atomic mass is 9.80. The number of rotatable bonds is 4. The predicted molar refractivity (Wildman–Crippen MR) is 59.9 cm³/mol. The van der Waals surface area contributed by atoms with Crippen LogP contribution in [0.15, 0.2) is 0 Å². The summed E-state index contributed by atoms with van der Waals surface area (Å²) in [4.78, 5) is 0. The lowest BCUT2D eigenvalue weighted by Crippen LogP contribution is -2.38. The first-order valence-electron chi connectivity index (χ1n) is 5.96. The van der Waals surface area contributed by atoms with Crippen LogP contribution in [0, 0.1) is 23.7 Å². The molecule has 1 aliphatic rings. The number of aliphatic hydroxyl groups is 1. The summed E-state index contributed by atoms with van der Waals surface area (Å²) in [5.41, 5.74) is 5.73. The van der Waals surface area contributed by atoms with Crippen molar-refractivity contribution in [1.29, 1.82) is 0 Å². The van der Waals surface area contributed by atoms with Crippen molar-refractivity contribution >= 4 is 0 Å². The molecule has 14 heavy (non-hydrogen) atoms. The summed E-state index contributed by atoms with van der Waals surface area (Å²) in [5.74, 6) is 1.94. The molecule has 84 valence electrons. The van der Waals surface area contributed by atoms with Crippen LogP contribution >= 0.6 is 0 Å². The van der Waals surface area contributed by atoms with E-state index in [4.69, 9.17) is 5.73 Å². The maximum Gasteiger partial charge on any atom is 0.0613 e. The predicted octanol–water partition coefficient (Wildman–Crippen LogP) is 2.01. The van der Waals surface area contributed by atoms with Crippen LogP contribution in [0.4, 0.5) is 0 Å². The van der Waals surface area contributed by atoms with Gasteiger partial charge in [0, 0.05) is 0 Å². The van der Waals surface area contributed by atoms with Gasteiger partial charge in [-0.2, -0.15) is 0 Å². The van der Waals surface area contributed by atoms with Gasteiger partial charge in [0.25, 0.3) is 0 Å². The van der Waals surface area contributed by atoms with Gasteiger partial charge in [0.1, 0.15) is 0 Å². The lowest BCUT2D eigenvalue weighted by Gasteiger charge is -2.31. The second kappa shape index (κ2) is 5.13. The highest BCUT2D eigenvalue weighted by Crippen LogP contribution is 2.37. The second-order valence-electron chi connectivity index (χ2n) is 5.21. The number of nitrogens with two attached hydrogens (primary N) is 1. The molecule has 3 N–H and O–H groups in total. The van der Waals surface area contributed by atoms with Crippen molar-refractivity contribution in [3.63, 3.8) is 0 Å². The Morgan fingerprint density at radius 2 is 2.00 bits per heavy atom. The fourth-order valence-corrected chi connectivity index (χ4v) is 2.80. The van der Waals surface area contributed by atoms with Crippen molar-refractivity contribution in [2.45, 2.75) is 46.1 Å². The van der Waals surface area contributed by atoms with Crippen LogP contribution in [-0.4, -0.2) is 17.8 Å². The van der Waals surface area contributed by atoms with Crippen molar-refractivity contribution in [3.05, 3.63) is 0 Å². The van der Waals surface area contributed by atoms with Gasteiger partial charge in [-0.1, -0.05) is 33.6 Å². The Hall–Kier alpha value is -0.0800. The molecule has 1 rings (SSSR count). The Balaban J connectivity index is 2.57. The molecule has 0 aromatic heterocycles. The number of aliphatic hydroxyl groups excluding tert-OH is 1. The highest BCUT2D eigenvalue weighted by atomic mass is 16.3. The molecule has 2 heteroatoms. The molecule has 0 aromatic carbocycles. The van der Waals surface area contributed by atoms with Crippen LogP contribution in [0.25, 0.3) is 0 Å². The van der Waals surface area contributed by atoms with Gasteiger partial charge < -0.3 is 10.8 Å². The van der Waals surface area contributed by atoms with Crippen molar-refractivity contribution in [2.24, 2.45) is 29.4 Å². The van der Waals surface area contributed by atoms with Gasteiger partial charge in [0.15, 0.2) is 0 Å². The topological polar surface area (TPSA) is 46.2 Å². The van der Waals surface area contributed by atoms with Crippen molar-refractivity contribution < 1.29 is 5.11 Å². The zero-order valence-electron chi connectivity index (χ0n) is 9.74. The molecule has 0 aromatic rings. The molecule has 0 bridgehead atoms. The third-order valence-corrected chi connectivity index (χ3v) is 3.93. The van der Waals surface area contributed by atoms with Crippen molar-refractivity contribution in [1.82, 2.24) is 0 Å². The van der Waals surface area contributed by atoms with E-state index in [1.54, 1.807) is 0 Å². The quantitative estimate of drug-likeness (QED) is 0.727. The molecular formula is C12H25NO. The smallest absolute Gasteiger partial charge is 0.0613 e. The first-order valence-corrected chi connectivity index (χ1v) is 5.96. The summed E-state index contributed by atoms with van der Waals surface area (Å²) in [6, 6.07) is 0. The zero-order chi connectivity index (χ0) is 10.7. The Morgan fingerprint density at radius 1 is 1.36 bits per heavy atom. The van der Waals surface area contributed by atoms with E-state index >= 15 is 0 Å². The van der Waals surface area contributed by atoms with Crippen LogP contribution in [0.3, 0.4) is 0 Å². The molecule has 1 aliphatic carbocycles. The summed E-state index contributed by atoms with van der Waals surface area (Å²) in [6.07, 6.45) is 3.55. The molecule has 4 unspecified atom stereocenters. The molecule has 0 aliphatic heterocycles. The van der Waals surface area contributed by atoms with Crippen LogP contribution in [0.5, 0.6) is 0 Å². The van der Waals surface area contributed by atoms with E-state index in [-0.39, 0.29) is 12.0 Å². The van der Waals surface area contributed by atoms with Gasteiger partial charge in [0.05, 0.1) is 6.10 Å². The SMILES string of the molecule is CC(C)C(CN)C(O)C1CCCC1C. The van der Waals surface area contributed by atoms with Crippen molar-refractivity contribution in [3.8, 4) is 0 Å². The number of hydrogen-bond acceptors (Lipinski definition) is 2. The fourth-order valence-electron chi connectivity index (χ4n) is 2.80. The van der Waals surface area contributed by atoms with Gasteiger partial charge in [-0.3, -0.25) is 0 Å². The van der Waals surface area contributed by atoms with E-state index < -0.39 is 0 Å². The maximum atomic E-state index is 10.3. The van der Waals surface area contributed by atoms with Gasteiger partial charge in [-0.15, -0.1) is 0 Å². The van der Waals surface area contributed by atoms with Crippen molar-refractivity contribution in [2.75, 3.05) is 6.54 Å². The maximum absolute atomic E-state index is 10.3. The first-order chi connectivity index (χ1) is 6.57. The fraction of sp³-hybridized carbons (Fsp3) is 1.00. The van der Waals surface area contributed by atoms with Crippen LogP contribution < -0.4 is 5.73 Å². The molecule has 0 heterocycles. The summed E-state index contributed by atoms with van der Waals surface area (Å²) < 4.78 is 0. The van der Waals surface area contributed by atoms with Gasteiger partial charge in [0.2, 0.25) is 0 Å². The average molecular weight is 199 g/mol. The summed E-state index contributed by atoms with van der Waals surface area (Å²) in [5, 5.41) is 10.3. The summed E-state index contributed by atoms with van der Waals surface area (Å²) in [7, 11) is 0. The normalized spacial score (nSPS) is 32.1. The molecule has 0 saturated heterocycles. The second-order valence-corrected chi connectivity index (χ2v) is 5.21. The highest BCUT2D eigenvalue weighted by Gasteiger charge is 2.34. The van der Waals surface area contributed by atoms with Gasteiger partial charge in [-0.05, 0) is 36.6 Å². The Morgan fingerprint density at radius 3 is 2.36 bits per heavy atom. The van der Waals surface area contributed by atoms with Crippen LogP contribution in [-0.2, 0) is 0 Å². The van der Waals surface area contributed by atoms with E-state index in [0.29, 0.717) is 24.3 Å². The molecule has 2 nitrogen and oxygen atoms in total. The van der Waals surface area contributed by atoms with Gasteiger partial charge in [-0.25, -0.2) is 0 Å². The van der Waals surface area contributed by atoms with E-state index in [1.807, 2.05) is 0 Å². The number of hydrogen-bond donors (Lipinski definition) is 2. The Kier molecular flexibility index (Phi) is 4.39. The van der Waals surface area contributed by atoms with E-state index in [0.717, 1.165) is 0 Å². The molecule has 4 atom stereocenters. The molecule has 0 spiro atoms. The van der Waals surface area contributed by atoms with Crippen LogP contribution in [0.1, 0.15) is 40.0 Å². The van der Waals surface area contributed by atoms with Gasteiger partial charge >= 0.3 is 0 Å². The largest absolute Gasteiger partial charge is 0.392 e. The molecule has 1 saturated carbocycles. The first kappa shape index (κ1) is 12.0. The molecular weight excluding hydrogens is 174 g/mol. The third kappa shape index (κ3) is 2.48. The molecule has 0 amide bonds. The third-order valence-electron chi connectivity index (χ3n) is 3.93. The van der Waals surface area contributed by atoms with Crippen LogP contribution in [0.2, 0.25) is 0 Å². The lowest BCUT2D eigenvalue weighted by molar-refractivity contribution is 0.0212. The minimum atomic E-state index is -0.183. The zero-order valence-corrected chi connectivity index (χ0v) is 9.74. The Labute approximate surface area is 87.9 Å². The highest BCUT2D eigenvalue weighted by molar-refractivity contribution is 4.85. The van der Waals surface area contributed by atoms with E-state index in [1.165, 1.54) is 19.3 Å². The summed E-state index contributed by atoms with van der Waals surface area (Å²) in [6.45, 7) is 7.18. The molecule has 0 radical (unpaired) electrons. The molecule has 1 fully saturated rings. The average Bonchev–Trinajstić information content (AvgIpc) is 2.51.